The third kappa shape index (κ3) is 3.65. The number of hydrogen-bond acceptors (Lipinski definition) is 7. The van der Waals surface area contributed by atoms with Gasteiger partial charge in [0.2, 0.25) is 5.89 Å². The summed E-state index contributed by atoms with van der Waals surface area (Å²) in [7, 11) is 4.10. The Hall–Kier alpha value is -2.22. The van der Waals surface area contributed by atoms with Gasteiger partial charge in [0.25, 0.3) is 5.22 Å². The van der Waals surface area contributed by atoms with E-state index in [4.69, 9.17) is 9.40 Å². The highest BCUT2D eigenvalue weighted by Gasteiger charge is 2.15. The number of nitrogens with zero attached hydrogens (tertiary/aromatic N) is 4. The van der Waals surface area contributed by atoms with Crippen LogP contribution in [0.4, 0.5) is 0 Å². The van der Waals surface area contributed by atoms with Gasteiger partial charge in [0.05, 0.1) is 21.7 Å². The second-order valence-corrected chi connectivity index (χ2v) is 8.07. The lowest BCUT2D eigenvalue weighted by molar-refractivity contribution is 0.434. The van der Waals surface area contributed by atoms with Gasteiger partial charge in [-0.3, -0.25) is 0 Å². The molecule has 0 aliphatic heterocycles. The fourth-order valence-corrected chi connectivity index (χ4v) is 4.15. The lowest BCUT2D eigenvalue weighted by Gasteiger charge is -2.07. The van der Waals surface area contributed by atoms with Crippen molar-refractivity contribution in [1.82, 2.24) is 20.1 Å². The molecule has 26 heavy (non-hydrogen) atoms. The first kappa shape index (κ1) is 17.2. The Morgan fingerprint density at radius 2 is 2.00 bits per heavy atom. The smallest absolute Gasteiger partial charge is 0.276 e. The van der Waals surface area contributed by atoms with Gasteiger partial charge in [-0.05, 0) is 37.7 Å². The summed E-state index contributed by atoms with van der Waals surface area (Å²) in [5.74, 6) is 1.44. The minimum atomic E-state index is 0.536. The molecule has 0 amide bonds. The monoisotopic (exact) mass is 382 g/mol. The zero-order valence-electron chi connectivity index (χ0n) is 14.5. The molecule has 4 aromatic rings. The lowest BCUT2D eigenvalue weighted by Crippen LogP contribution is -2.14. The maximum Gasteiger partial charge on any atom is 0.276 e. The van der Waals surface area contributed by atoms with Gasteiger partial charge in [0.15, 0.2) is 0 Å². The van der Waals surface area contributed by atoms with Gasteiger partial charge in [0.1, 0.15) is 0 Å². The fourth-order valence-electron chi connectivity index (χ4n) is 2.60. The largest absolute Gasteiger partial charge is 0.411 e. The number of rotatable bonds is 6. The summed E-state index contributed by atoms with van der Waals surface area (Å²) >= 11 is 3.25. The lowest BCUT2D eigenvalue weighted by atomic mass is 10.1. The van der Waals surface area contributed by atoms with Crippen LogP contribution in [0.1, 0.15) is 0 Å². The zero-order chi connectivity index (χ0) is 17.9. The van der Waals surface area contributed by atoms with Crippen LogP contribution in [0.5, 0.6) is 0 Å². The molecule has 0 unspecified atom stereocenters. The summed E-state index contributed by atoms with van der Waals surface area (Å²) in [4.78, 5) is 8.04. The average molecular weight is 383 g/mol. The Morgan fingerprint density at radius 3 is 2.81 bits per heavy atom. The topological polar surface area (TPSA) is 55.1 Å². The molecule has 5 nitrogen and oxygen atoms in total. The van der Waals surface area contributed by atoms with E-state index in [0.717, 1.165) is 39.3 Å². The van der Waals surface area contributed by atoms with Crippen LogP contribution in [0.25, 0.3) is 32.9 Å². The first-order chi connectivity index (χ1) is 12.7. The number of thiophene rings is 1. The van der Waals surface area contributed by atoms with Crippen LogP contribution in [0, 0.1) is 0 Å². The van der Waals surface area contributed by atoms with Crippen molar-refractivity contribution in [3.8, 4) is 22.0 Å². The molecule has 0 fully saturated rings. The number of benzene rings is 1. The number of pyridine rings is 1. The molecule has 7 heteroatoms. The Bertz CT molecular complexity index is 1010. The minimum Gasteiger partial charge on any atom is -0.411 e. The van der Waals surface area contributed by atoms with E-state index in [1.54, 1.807) is 23.1 Å². The molecule has 0 saturated carbocycles. The highest BCUT2D eigenvalue weighted by atomic mass is 32.2. The minimum absolute atomic E-state index is 0.536. The van der Waals surface area contributed by atoms with Gasteiger partial charge in [0, 0.05) is 17.7 Å². The summed E-state index contributed by atoms with van der Waals surface area (Å²) < 4.78 is 5.93. The molecule has 0 aliphatic carbocycles. The van der Waals surface area contributed by atoms with Gasteiger partial charge in [-0.1, -0.05) is 36.0 Å². The molecule has 132 valence electrons. The molecule has 0 radical (unpaired) electrons. The van der Waals surface area contributed by atoms with E-state index in [2.05, 4.69) is 40.6 Å². The summed E-state index contributed by atoms with van der Waals surface area (Å²) in [5.41, 5.74) is 2.77. The first-order valence-corrected chi connectivity index (χ1v) is 10.1. The molecule has 3 aromatic heterocycles. The van der Waals surface area contributed by atoms with E-state index >= 15 is 0 Å². The number of aromatic nitrogens is 3. The predicted molar refractivity (Wildman–Crippen MR) is 108 cm³/mol. The Balaban J connectivity index is 1.72. The summed E-state index contributed by atoms with van der Waals surface area (Å²) in [6.45, 7) is 0.961. The van der Waals surface area contributed by atoms with E-state index in [9.17, 15) is 0 Å². The van der Waals surface area contributed by atoms with Crippen molar-refractivity contribution >= 4 is 34.0 Å². The van der Waals surface area contributed by atoms with E-state index < -0.39 is 0 Å². The molecule has 3 heterocycles. The van der Waals surface area contributed by atoms with Crippen LogP contribution >= 0.6 is 23.1 Å². The molecular formula is C19H18N4OS2. The van der Waals surface area contributed by atoms with E-state index in [1.165, 1.54) is 0 Å². The van der Waals surface area contributed by atoms with E-state index in [1.807, 2.05) is 36.4 Å². The molecule has 4 rings (SSSR count). The van der Waals surface area contributed by atoms with Crippen molar-refractivity contribution in [3.63, 3.8) is 0 Å². The Labute approximate surface area is 160 Å². The number of fused-ring (bicyclic) bond motifs is 1. The second kappa shape index (κ2) is 7.57. The maximum atomic E-state index is 5.93. The SMILES string of the molecule is CN(C)CCSc1nnc(-c2cc(-c3cccs3)nc3ccccc23)o1. The van der Waals surface area contributed by atoms with Crippen LogP contribution in [-0.4, -0.2) is 46.5 Å². The Morgan fingerprint density at radius 1 is 1.12 bits per heavy atom. The molecule has 0 bridgehead atoms. The normalized spacial score (nSPS) is 11.5. The molecule has 0 N–H and O–H groups in total. The molecule has 0 atom stereocenters. The van der Waals surface area contributed by atoms with Gasteiger partial charge in [-0.2, -0.15) is 0 Å². The third-order valence-corrected chi connectivity index (χ3v) is 5.58. The van der Waals surface area contributed by atoms with Crippen molar-refractivity contribution in [2.24, 2.45) is 0 Å². The summed E-state index contributed by atoms with van der Waals surface area (Å²) in [5, 5.41) is 12.1. The molecule has 1 aromatic carbocycles. The van der Waals surface area contributed by atoms with Crippen molar-refractivity contribution < 1.29 is 4.42 Å². The molecule has 0 aliphatic rings. The predicted octanol–water partition coefficient (Wildman–Crippen LogP) is 4.67. The van der Waals surface area contributed by atoms with Crippen molar-refractivity contribution in [2.45, 2.75) is 5.22 Å². The van der Waals surface area contributed by atoms with E-state index in [-0.39, 0.29) is 0 Å². The third-order valence-electron chi connectivity index (χ3n) is 3.89. The van der Waals surface area contributed by atoms with E-state index in [0.29, 0.717) is 11.1 Å². The zero-order valence-corrected chi connectivity index (χ0v) is 16.2. The summed E-state index contributed by atoms with van der Waals surface area (Å²) in [6, 6.07) is 14.2. The van der Waals surface area contributed by atoms with Gasteiger partial charge in [-0.25, -0.2) is 4.98 Å². The number of para-hydroxylation sites is 1. The van der Waals surface area contributed by atoms with Crippen LogP contribution in [0.15, 0.2) is 57.5 Å². The average Bonchev–Trinajstić information content (AvgIpc) is 3.32. The van der Waals surface area contributed by atoms with Crippen molar-refractivity contribution in [2.75, 3.05) is 26.4 Å². The van der Waals surface area contributed by atoms with Crippen LogP contribution < -0.4 is 0 Å². The quantitative estimate of drug-likeness (QED) is 0.452. The molecular weight excluding hydrogens is 364 g/mol. The standard InChI is InChI=1S/C19H18N4OS2/c1-23(2)9-11-26-19-22-21-18(24-19)14-12-16(17-8-5-10-25-17)20-15-7-4-3-6-13(14)15/h3-8,10,12H,9,11H2,1-2H3. The maximum absolute atomic E-state index is 5.93. The van der Waals surface area contributed by atoms with Crippen molar-refractivity contribution in [1.29, 1.82) is 0 Å². The molecule has 0 spiro atoms. The van der Waals surface area contributed by atoms with Gasteiger partial charge in [-0.15, -0.1) is 21.5 Å². The number of hydrogen-bond donors (Lipinski definition) is 0. The van der Waals surface area contributed by atoms with Crippen LogP contribution in [0.2, 0.25) is 0 Å². The highest BCUT2D eigenvalue weighted by Crippen LogP contribution is 2.33. The van der Waals surface area contributed by atoms with Crippen LogP contribution in [0.3, 0.4) is 0 Å². The van der Waals surface area contributed by atoms with Gasteiger partial charge < -0.3 is 9.32 Å². The Kier molecular flexibility index (Phi) is 5.01. The fraction of sp³-hybridized carbons (Fsp3) is 0.211. The van der Waals surface area contributed by atoms with Crippen molar-refractivity contribution in [3.05, 3.63) is 47.8 Å². The number of thioether (sulfide) groups is 1. The highest BCUT2D eigenvalue weighted by molar-refractivity contribution is 7.99. The van der Waals surface area contributed by atoms with Gasteiger partial charge >= 0.3 is 0 Å². The first-order valence-electron chi connectivity index (χ1n) is 8.26. The van der Waals surface area contributed by atoms with Crippen LogP contribution in [-0.2, 0) is 0 Å². The summed E-state index contributed by atoms with van der Waals surface area (Å²) in [6.07, 6.45) is 0. The molecule has 0 saturated heterocycles. The second-order valence-electron chi connectivity index (χ2n) is 6.07.